The summed E-state index contributed by atoms with van der Waals surface area (Å²) in [5.74, 6) is -3.12. The molecule has 4 fully saturated rings. The number of allylic oxidation sites excluding steroid dienone is 1. The first-order valence-corrected chi connectivity index (χ1v) is 17.2. The van der Waals surface area contributed by atoms with Crippen LogP contribution in [0, 0.1) is 35.4 Å². The van der Waals surface area contributed by atoms with E-state index in [0.717, 1.165) is 30.9 Å². The molecule has 14 heteroatoms. The van der Waals surface area contributed by atoms with Crippen LogP contribution in [0.1, 0.15) is 67.9 Å². The summed E-state index contributed by atoms with van der Waals surface area (Å²) < 4.78 is 65.4. The number of halogens is 4. The second-order valence-corrected chi connectivity index (χ2v) is 15.0. The zero-order valence-electron chi connectivity index (χ0n) is 28.7. The molecule has 3 aliphatic carbocycles. The lowest BCUT2D eigenvalue weighted by molar-refractivity contribution is -0.140. The largest absolute Gasteiger partial charge is 0.496 e. The number of anilines is 1. The van der Waals surface area contributed by atoms with E-state index in [1.807, 2.05) is 0 Å². The maximum absolute atomic E-state index is 14.1. The molecule has 0 aromatic heterocycles. The summed E-state index contributed by atoms with van der Waals surface area (Å²) >= 11 is 0. The predicted octanol–water partition coefficient (Wildman–Crippen LogP) is 6.55. The van der Waals surface area contributed by atoms with Gasteiger partial charge in [0.15, 0.2) is 6.10 Å². The third-order valence-electron chi connectivity index (χ3n) is 10.4. The van der Waals surface area contributed by atoms with Crippen LogP contribution in [0.15, 0.2) is 53.2 Å². The van der Waals surface area contributed by atoms with Crippen LogP contribution < -0.4 is 15.4 Å². The van der Waals surface area contributed by atoms with Crippen LogP contribution in [-0.4, -0.2) is 66.5 Å². The number of methoxy groups -OCH3 is 1. The maximum atomic E-state index is 14.1. The number of carbonyl (C=O) groups excluding carboxylic acids is 3. The first-order chi connectivity index (χ1) is 24.1. The van der Waals surface area contributed by atoms with Gasteiger partial charge in [-0.3, -0.25) is 9.59 Å². The number of amides is 3. The van der Waals surface area contributed by atoms with Gasteiger partial charge >= 0.3 is 12.3 Å². The van der Waals surface area contributed by atoms with Crippen LogP contribution in [-0.2, 0) is 20.5 Å². The highest BCUT2D eigenvalue weighted by Gasteiger charge is 2.55. The molecule has 3 saturated carbocycles. The molecule has 7 rings (SSSR count). The Morgan fingerprint density at radius 3 is 2.41 bits per heavy atom. The smallest absolute Gasteiger partial charge is 0.419 e. The molecule has 2 N–H and O–H groups in total. The number of benzene rings is 2. The second-order valence-electron chi connectivity index (χ2n) is 15.0. The molecule has 272 valence electrons. The van der Waals surface area contributed by atoms with E-state index in [9.17, 15) is 31.9 Å². The van der Waals surface area contributed by atoms with Crippen LogP contribution in [0.4, 0.5) is 28.0 Å². The lowest BCUT2D eigenvalue weighted by atomic mass is 9.83. The van der Waals surface area contributed by atoms with E-state index in [0.29, 0.717) is 48.8 Å². The summed E-state index contributed by atoms with van der Waals surface area (Å²) in [4.78, 5) is 48.0. The number of rotatable bonds is 7. The molecule has 5 aliphatic rings. The Kier molecular flexibility index (Phi) is 8.78. The minimum absolute atomic E-state index is 0.130. The van der Waals surface area contributed by atoms with Crippen molar-refractivity contribution >= 4 is 29.3 Å². The Morgan fingerprint density at radius 2 is 1.73 bits per heavy atom. The number of carbonyl (C=O) groups is 3. The number of oxime groups is 1. The van der Waals surface area contributed by atoms with E-state index < -0.39 is 53.0 Å². The molecule has 2 aromatic rings. The van der Waals surface area contributed by atoms with Crippen LogP contribution in [0.2, 0.25) is 0 Å². The molecule has 2 bridgehead atoms. The summed E-state index contributed by atoms with van der Waals surface area (Å²) in [5.41, 5.74) is 0.163. The third-order valence-corrected chi connectivity index (χ3v) is 10.4. The van der Waals surface area contributed by atoms with Crippen molar-refractivity contribution in [1.82, 2.24) is 10.2 Å². The molecular formula is C37H40F4N4O6. The number of fused-ring (bicyclic) bond motifs is 3. The lowest BCUT2D eigenvalue weighted by Gasteiger charge is -2.30. The molecule has 2 heterocycles. The van der Waals surface area contributed by atoms with Crippen LogP contribution in [0.25, 0.3) is 0 Å². The Hall–Kier alpha value is -4.62. The number of hydrogen-bond donors (Lipinski definition) is 2. The van der Waals surface area contributed by atoms with Gasteiger partial charge in [0, 0.05) is 29.8 Å². The number of likely N-dealkylation sites (tertiary alicyclic amines) is 1. The first-order valence-electron chi connectivity index (χ1n) is 17.2. The maximum Gasteiger partial charge on any atom is 0.419 e. The van der Waals surface area contributed by atoms with Crippen molar-refractivity contribution in [2.24, 2.45) is 34.7 Å². The predicted molar refractivity (Wildman–Crippen MR) is 177 cm³/mol. The number of nitrogens with zero attached hydrogens (tertiary/aromatic N) is 2. The number of alkyl halides is 3. The van der Waals surface area contributed by atoms with Crippen molar-refractivity contribution < 1.29 is 46.3 Å². The Labute approximate surface area is 292 Å². The van der Waals surface area contributed by atoms with Crippen molar-refractivity contribution in [2.45, 2.75) is 70.4 Å². The van der Waals surface area contributed by atoms with Gasteiger partial charge in [0.25, 0.3) is 5.91 Å². The van der Waals surface area contributed by atoms with Gasteiger partial charge in [0.05, 0.1) is 42.3 Å². The first kappa shape index (κ1) is 34.8. The molecule has 2 aliphatic heterocycles. The van der Waals surface area contributed by atoms with Crippen molar-refractivity contribution in [3.8, 4) is 5.75 Å². The molecule has 0 spiro atoms. The van der Waals surface area contributed by atoms with E-state index >= 15 is 0 Å². The van der Waals surface area contributed by atoms with Gasteiger partial charge in [-0.15, -0.1) is 0 Å². The molecule has 0 radical (unpaired) electrons. The highest BCUT2D eigenvalue weighted by molar-refractivity contribution is 6.07. The van der Waals surface area contributed by atoms with Crippen molar-refractivity contribution in [2.75, 3.05) is 25.5 Å². The monoisotopic (exact) mass is 712 g/mol. The summed E-state index contributed by atoms with van der Waals surface area (Å²) in [5, 5.41) is 9.98. The SMILES string of the molecule is COc1ccc(C2=NOC3CN(C(=O)OC(C)(C)C)CC23)cc1C(=O)N[C@H]1[C@@H](C(=O)Nc2ccc(F)c(C(F)(F)F)c2)[C@H]2CC[C@@H]1/C2=C\C1CC1. The lowest BCUT2D eigenvalue weighted by Crippen LogP contribution is -2.48. The molecule has 2 aromatic carbocycles. The summed E-state index contributed by atoms with van der Waals surface area (Å²) in [6.07, 6.45) is -0.0230. The highest BCUT2D eigenvalue weighted by Crippen LogP contribution is 2.54. The summed E-state index contributed by atoms with van der Waals surface area (Å²) in [6.45, 7) is 6.01. The molecule has 6 atom stereocenters. The van der Waals surface area contributed by atoms with Gasteiger partial charge in [-0.05, 0) is 94.7 Å². The van der Waals surface area contributed by atoms with E-state index in [4.69, 9.17) is 14.3 Å². The van der Waals surface area contributed by atoms with Gasteiger partial charge in [0.2, 0.25) is 5.91 Å². The molecule has 10 nitrogen and oxygen atoms in total. The summed E-state index contributed by atoms with van der Waals surface area (Å²) in [6, 6.07) is 6.77. The average molecular weight is 713 g/mol. The van der Waals surface area contributed by atoms with Crippen molar-refractivity contribution in [3.63, 3.8) is 0 Å². The average Bonchev–Trinajstić information content (AvgIpc) is 3.33. The molecule has 3 amide bonds. The molecular weight excluding hydrogens is 672 g/mol. The van der Waals surface area contributed by atoms with Gasteiger partial charge < -0.3 is 29.8 Å². The minimum atomic E-state index is -4.94. The van der Waals surface area contributed by atoms with E-state index in [1.165, 1.54) is 7.11 Å². The van der Waals surface area contributed by atoms with Crippen LogP contribution in [0.5, 0.6) is 5.75 Å². The van der Waals surface area contributed by atoms with E-state index in [-0.39, 0.29) is 40.9 Å². The number of hydrogen-bond acceptors (Lipinski definition) is 7. The molecule has 2 unspecified atom stereocenters. The van der Waals surface area contributed by atoms with Crippen molar-refractivity contribution in [1.29, 1.82) is 0 Å². The quantitative estimate of drug-likeness (QED) is 0.248. The zero-order chi connectivity index (χ0) is 36.4. The van der Waals surface area contributed by atoms with E-state index in [2.05, 4.69) is 21.9 Å². The second kappa shape index (κ2) is 12.9. The van der Waals surface area contributed by atoms with Crippen molar-refractivity contribution in [3.05, 3.63) is 70.6 Å². The Morgan fingerprint density at radius 1 is 0.980 bits per heavy atom. The third kappa shape index (κ3) is 6.88. The normalized spacial score (nSPS) is 27.6. The van der Waals surface area contributed by atoms with Gasteiger partial charge in [-0.2, -0.15) is 13.2 Å². The Bertz CT molecular complexity index is 1820. The van der Waals surface area contributed by atoms with Gasteiger partial charge in [-0.25, -0.2) is 9.18 Å². The van der Waals surface area contributed by atoms with Crippen LogP contribution >= 0.6 is 0 Å². The fraction of sp³-hybridized carbons (Fsp3) is 0.514. The van der Waals surface area contributed by atoms with Gasteiger partial charge in [0.1, 0.15) is 17.2 Å². The molecule has 51 heavy (non-hydrogen) atoms. The van der Waals surface area contributed by atoms with Crippen LogP contribution in [0.3, 0.4) is 0 Å². The topological polar surface area (TPSA) is 119 Å². The number of ether oxygens (including phenoxy) is 2. The molecule has 1 saturated heterocycles. The minimum Gasteiger partial charge on any atom is -0.496 e. The van der Waals surface area contributed by atoms with E-state index in [1.54, 1.807) is 43.9 Å². The highest BCUT2D eigenvalue weighted by atomic mass is 19.4. The standard InChI is InChI=1S/C37H40F4N4O6/c1-36(2,3)50-35(48)45-16-25-29(17-45)51-44-31(25)19-7-12-28(49-4)24(14-19)33(46)43-32-22-10-9-21(23(22)13-18-5-6-18)30(32)34(47)42-20-8-11-27(38)26(15-20)37(39,40)41/h7-8,11-15,18,21-22,25,29-30,32H,5-6,9-10,16-17H2,1-4H3,(H,42,47)(H,43,46)/b23-13-/t21-,22+,25?,29?,30-,32+/m0/s1. The Balaban J connectivity index is 1.13. The van der Waals surface area contributed by atoms with Gasteiger partial charge in [-0.1, -0.05) is 16.8 Å². The zero-order valence-corrected chi connectivity index (χ0v) is 28.7. The summed E-state index contributed by atoms with van der Waals surface area (Å²) in [7, 11) is 1.44. The number of nitrogens with one attached hydrogen (secondary N) is 2. The fourth-order valence-electron chi connectivity index (χ4n) is 7.96. The fourth-order valence-corrected chi connectivity index (χ4v) is 7.96.